The summed E-state index contributed by atoms with van der Waals surface area (Å²) in [6, 6.07) is 16.0. The van der Waals surface area contributed by atoms with Gasteiger partial charge in [-0.05, 0) is 36.4 Å². The summed E-state index contributed by atoms with van der Waals surface area (Å²) in [7, 11) is 0. The quantitative estimate of drug-likeness (QED) is 0.367. The molecule has 1 heterocycles. The van der Waals surface area contributed by atoms with Gasteiger partial charge in [-0.2, -0.15) is 0 Å². The van der Waals surface area contributed by atoms with Crippen molar-refractivity contribution in [2.75, 3.05) is 6.61 Å². The first-order valence-corrected chi connectivity index (χ1v) is 7.74. The fraction of sp³-hybridized carbons (Fsp3) is 0.0500. The van der Waals surface area contributed by atoms with E-state index < -0.39 is 4.92 Å². The number of nitrogens with zero attached hydrogens (tertiary/aromatic N) is 2. The van der Waals surface area contributed by atoms with Crippen molar-refractivity contribution < 1.29 is 9.66 Å². The van der Waals surface area contributed by atoms with Gasteiger partial charge in [0.1, 0.15) is 12.4 Å². The van der Waals surface area contributed by atoms with E-state index in [2.05, 4.69) is 11.6 Å². The molecule has 0 spiro atoms. The highest BCUT2D eigenvalue weighted by Crippen LogP contribution is 2.25. The summed E-state index contributed by atoms with van der Waals surface area (Å²) in [5, 5.41) is 11.6. The van der Waals surface area contributed by atoms with Crippen molar-refractivity contribution in [3.63, 3.8) is 0 Å². The number of benzene rings is 2. The van der Waals surface area contributed by atoms with Crippen LogP contribution in [-0.4, -0.2) is 16.5 Å². The van der Waals surface area contributed by atoms with Crippen molar-refractivity contribution in [2.45, 2.75) is 0 Å². The summed E-state index contributed by atoms with van der Waals surface area (Å²) >= 11 is 0. The maximum Gasteiger partial charge on any atom is 0.278 e. The molecule has 0 atom stereocenters. The lowest BCUT2D eigenvalue weighted by atomic mass is 10.1. The number of ether oxygens (including phenoxy) is 1. The molecule has 0 radical (unpaired) electrons. The zero-order valence-corrected chi connectivity index (χ0v) is 13.5. The molecule has 1 aromatic heterocycles. The van der Waals surface area contributed by atoms with Crippen LogP contribution in [0.3, 0.4) is 0 Å². The molecule has 0 aliphatic rings. The number of aromatic nitrogens is 1. The predicted octanol–water partition coefficient (Wildman–Crippen LogP) is 4.88. The van der Waals surface area contributed by atoms with Crippen LogP contribution < -0.4 is 4.74 Å². The number of rotatable bonds is 6. The molecule has 3 aromatic rings. The van der Waals surface area contributed by atoms with Crippen molar-refractivity contribution in [3.8, 4) is 5.75 Å². The molecule has 124 valence electrons. The van der Waals surface area contributed by atoms with Crippen LogP contribution >= 0.6 is 0 Å². The monoisotopic (exact) mass is 332 g/mol. The summed E-state index contributed by atoms with van der Waals surface area (Å²) in [6.45, 7) is 4.08. The minimum Gasteiger partial charge on any atom is -0.489 e. The smallest absolute Gasteiger partial charge is 0.278 e. The lowest BCUT2D eigenvalue weighted by Crippen LogP contribution is -1.94. The third-order valence-corrected chi connectivity index (χ3v) is 3.64. The molecule has 0 saturated heterocycles. The van der Waals surface area contributed by atoms with Gasteiger partial charge in [0.2, 0.25) is 0 Å². The van der Waals surface area contributed by atoms with Crippen molar-refractivity contribution in [1.82, 2.24) is 4.98 Å². The third-order valence-electron chi connectivity index (χ3n) is 3.64. The average Bonchev–Trinajstić information content (AvgIpc) is 2.64. The maximum absolute atomic E-state index is 11.1. The number of hydrogen-bond acceptors (Lipinski definition) is 4. The Bertz CT molecular complexity index is 964. The Morgan fingerprint density at radius 3 is 2.72 bits per heavy atom. The van der Waals surface area contributed by atoms with E-state index in [0.29, 0.717) is 23.2 Å². The van der Waals surface area contributed by atoms with Crippen LogP contribution in [0.4, 0.5) is 5.69 Å². The maximum atomic E-state index is 11.1. The fourth-order valence-electron chi connectivity index (χ4n) is 2.48. The van der Waals surface area contributed by atoms with Crippen molar-refractivity contribution >= 4 is 28.7 Å². The second-order valence-corrected chi connectivity index (χ2v) is 5.31. The van der Waals surface area contributed by atoms with Gasteiger partial charge in [-0.3, -0.25) is 10.1 Å². The molecule has 5 nitrogen and oxygen atoms in total. The highest BCUT2D eigenvalue weighted by atomic mass is 16.6. The number of nitro benzene ring substituents is 1. The number of nitro groups is 1. The standard InChI is InChI=1S/C20H16N2O3/c1-2-14-25-20-9-4-3-6-15(20)10-11-16-12-13-17-18(21-16)7-5-8-19(17)22(23)24/h2-13H,1,14H2/b11-10+. The molecular weight excluding hydrogens is 316 g/mol. The summed E-state index contributed by atoms with van der Waals surface area (Å²) in [5.41, 5.74) is 2.29. The van der Waals surface area contributed by atoms with Gasteiger partial charge in [0.15, 0.2) is 0 Å². The molecule has 3 rings (SSSR count). The van der Waals surface area contributed by atoms with Gasteiger partial charge in [0.05, 0.1) is 21.5 Å². The van der Waals surface area contributed by atoms with Crippen LogP contribution in [-0.2, 0) is 0 Å². The van der Waals surface area contributed by atoms with E-state index in [1.165, 1.54) is 6.07 Å². The second-order valence-electron chi connectivity index (χ2n) is 5.31. The predicted molar refractivity (Wildman–Crippen MR) is 99.5 cm³/mol. The highest BCUT2D eigenvalue weighted by molar-refractivity contribution is 5.89. The first-order chi connectivity index (χ1) is 12.2. The molecule has 25 heavy (non-hydrogen) atoms. The summed E-state index contributed by atoms with van der Waals surface area (Å²) in [4.78, 5) is 15.2. The van der Waals surface area contributed by atoms with E-state index in [9.17, 15) is 10.1 Å². The van der Waals surface area contributed by atoms with Crippen LogP contribution in [0.2, 0.25) is 0 Å². The van der Waals surface area contributed by atoms with Gasteiger partial charge < -0.3 is 4.74 Å². The van der Waals surface area contributed by atoms with Gasteiger partial charge >= 0.3 is 0 Å². The van der Waals surface area contributed by atoms with Gasteiger partial charge in [0, 0.05) is 11.6 Å². The van der Waals surface area contributed by atoms with Crippen molar-refractivity contribution in [2.24, 2.45) is 0 Å². The minimum atomic E-state index is -0.396. The van der Waals surface area contributed by atoms with E-state index >= 15 is 0 Å². The Balaban J connectivity index is 1.92. The molecule has 0 aliphatic carbocycles. The Morgan fingerprint density at radius 2 is 1.92 bits per heavy atom. The molecule has 0 unspecified atom stereocenters. The summed E-state index contributed by atoms with van der Waals surface area (Å²) in [6.07, 6.45) is 5.45. The Hall–Kier alpha value is -3.47. The summed E-state index contributed by atoms with van der Waals surface area (Å²) in [5.74, 6) is 0.759. The average molecular weight is 332 g/mol. The zero-order chi connectivity index (χ0) is 17.6. The van der Waals surface area contributed by atoms with Crippen molar-refractivity contribution in [3.05, 3.63) is 88.6 Å². The molecular formula is C20H16N2O3. The number of pyridine rings is 1. The number of non-ortho nitro benzene ring substituents is 1. The molecule has 5 heteroatoms. The second kappa shape index (κ2) is 7.40. The molecule has 0 N–H and O–H groups in total. The first-order valence-electron chi connectivity index (χ1n) is 7.74. The number of hydrogen-bond donors (Lipinski definition) is 0. The summed E-state index contributed by atoms with van der Waals surface area (Å²) < 4.78 is 5.62. The van der Waals surface area contributed by atoms with E-state index in [1.54, 1.807) is 30.3 Å². The topological polar surface area (TPSA) is 65.3 Å². The minimum absolute atomic E-state index is 0.0590. The Kier molecular flexibility index (Phi) is 4.85. The Labute approximate surface area is 145 Å². The molecule has 0 saturated carbocycles. The zero-order valence-electron chi connectivity index (χ0n) is 13.5. The van der Waals surface area contributed by atoms with E-state index in [0.717, 1.165) is 11.3 Å². The molecule has 0 amide bonds. The molecule has 0 bridgehead atoms. The normalized spacial score (nSPS) is 10.9. The molecule has 0 aliphatic heterocycles. The lowest BCUT2D eigenvalue weighted by molar-refractivity contribution is -0.383. The third kappa shape index (κ3) is 3.72. The van der Waals surface area contributed by atoms with E-state index in [1.807, 2.05) is 36.4 Å². The van der Waals surface area contributed by atoms with Crippen LogP contribution in [0.15, 0.2) is 67.3 Å². The van der Waals surface area contributed by atoms with Crippen LogP contribution in [0.1, 0.15) is 11.3 Å². The lowest BCUT2D eigenvalue weighted by Gasteiger charge is -2.06. The van der Waals surface area contributed by atoms with Crippen LogP contribution in [0.5, 0.6) is 5.75 Å². The van der Waals surface area contributed by atoms with Gasteiger partial charge in [-0.15, -0.1) is 0 Å². The van der Waals surface area contributed by atoms with Crippen molar-refractivity contribution in [1.29, 1.82) is 0 Å². The van der Waals surface area contributed by atoms with Gasteiger partial charge in [-0.25, -0.2) is 4.98 Å². The Morgan fingerprint density at radius 1 is 1.08 bits per heavy atom. The van der Waals surface area contributed by atoms with E-state index in [4.69, 9.17) is 4.74 Å². The highest BCUT2D eigenvalue weighted by Gasteiger charge is 2.11. The first kappa shape index (κ1) is 16.4. The van der Waals surface area contributed by atoms with E-state index in [-0.39, 0.29) is 5.69 Å². The van der Waals surface area contributed by atoms with Crippen LogP contribution in [0.25, 0.3) is 23.1 Å². The number of para-hydroxylation sites is 1. The molecule has 0 fully saturated rings. The van der Waals surface area contributed by atoms with Gasteiger partial charge in [-0.1, -0.05) is 36.9 Å². The van der Waals surface area contributed by atoms with Gasteiger partial charge in [0.25, 0.3) is 5.69 Å². The SMILES string of the molecule is C=CCOc1ccccc1/C=C/c1ccc2c([N+](=O)[O-])cccc2n1. The fourth-order valence-corrected chi connectivity index (χ4v) is 2.48. The number of fused-ring (bicyclic) bond motifs is 1. The molecule has 2 aromatic carbocycles. The largest absolute Gasteiger partial charge is 0.489 e. The van der Waals surface area contributed by atoms with Crippen LogP contribution in [0, 0.1) is 10.1 Å².